The van der Waals surface area contributed by atoms with Gasteiger partial charge in [0.25, 0.3) is 0 Å². The van der Waals surface area contributed by atoms with Crippen molar-refractivity contribution in [3.05, 3.63) is 30.1 Å². The molecule has 2 aromatic rings. The number of aromatic nitrogens is 2. The molecule has 0 amide bonds. The summed E-state index contributed by atoms with van der Waals surface area (Å²) < 4.78 is 7.14. The zero-order chi connectivity index (χ0) is 12.3. The van der Waals surface area contributed by atoms with Gasteiger partial charge in [0.05, 0.1) is 11.0 Å². The number of hydrogen-bond acceptors (Lipinski definition) is 3. The third kappa shape index (κ3) is 2.53. The van der Waals surface area contributed by atoms with Crippen LogP contribution in [0.5, 0.6) is 0 Å². The highest BCUT2D eigenvalue weighted by molar-refractivity contribution is 5.96. The first-order chi connectivity index (χ1) is 8.22. The van der Waals surface area contributed by atoms with Crippen LogP contribution in [-0.2, 0) is 11.3 Å². The first kappa shape index (κ1) is 11.8. The van der Waals surface area contributed by atoms with E-state index in [9.17, 15) is 4.79 Å². The second-order valence-corrected chi connectivity index (χ2v) is 4.04. The summed E-state index contributed by atoms with van der Waals surface area (Å²) >= 11 is 0. The SMILES string of the molecule is COCCCn1ccc2ncc(C(C)=O)cc21. The number of fused-ring (bicyclic) bond motifs is 1. The zero-order valence-corrected chi connectivity index (χ0v) is 10.1. The lowest BCUT2D eigenvalue weighted by molar-refractivity contribution is 0.101. The Kier molecular flexibility index (Phi) is 3.54. The second kappa shape index (κ2) is 5.10. The molecule has 2 heterocycles. The van der Waals surface area contributed by atoms with Crippen LogP contribution in [0.25, 0.3) is 11.0 Å². The molecule has 0 N–H and O–H groups in total. The minimum absolute atomic E-state index is 0.0454. The fourth-order valence-corrected chi connectivity index (χ4v) is 1.83. The van der Waals surface area contributed by atoms with E-state index in [2.05, 4.69) is 9.55 Å². The summed E-state index contributed by atoms with van der Waals surface area (Å²) in [5, 5.41) is 0. The number of aryl methyl sites for hydroxylation is 1. The summed E-state index contributed by atoms with van der Waals surface area (Å²) in [7, 11) is 1.70. The first-order valence-electron chi connectivity index (χ1n) is 5.67. The lowest BCUT2D eigenvalue weighted by atomic mass is 10.2. The Morgan fingerprint density at radius 3 is 3.06 bits per heavy atom. The van der Waals surface area contributed by atoms with E-state index in [1.165, 1.54) is 0 Å². The van der Waals surface area contributed by atoms with Gasteiger partial charge < -0.3 is 9.30 Å². The summed E-state index contributed by atoms with van der Waals surface area (Å²) in [6.45, 7) is 3.17. The van der Waals surface area contributed by atoms with Crippen molar-refractivity contribution in [3.63, 3.8) is 0 Å². The number of hydrogen-bond donors (Lipinski definition) is 0. The normalized spacial score (nSPS) is 10.9. The molecule has 0 saturated heterocycles. The Balaban J connectivity index is 2.30. The molecule has 90 valence electrons. The third-order valence-corrected chi connectivity index (χ3v) is 2.77. The molecule has 4 heteroatoms. The highest BCUT2D eigenvalue weighted by atomic mass is 16.5. The van der Waals surface area contributed by atoms with Gasteiger partial charge in [0.15, 0.2) is 5.78 Å². The van der Waals surface area contributed by atoms with E-state index >= 15 is 0 Å². The monoisotopic (exact) mass is 232 g/mol. The van der Waals surface area contributed by atoms with Crippen molar-refractivity contribution in [1.29, 1.82) is 0 Å². The number of pyridine rings is 1. The van der Waals surface area contributed by atoms with Crippen molar-refractivity contribution < 1.29 is 9.53 Å². The average molecular weight is 232 g/mol. The van der Waals surface area contributed by atoms with Gasteiger partial charge in [-0.25, -0.2) is 0 Å². The van der Waals surface area contributed by atoms with Gasteiger partial charge in [0, 0.05) is 38.2 Å². The van der Waals surface area contributed by atoms with E-state index in [0.29, 0.717) is 5.56 Å². The van der Waals surface area contributed by atoms with E-state index in [4.69, 9.17) is 4.74 Å². The number of carbonyl (C=O) groups excluding carboxylic acids is 1. The molecule has 0 bridgehead atoms. The van der Waals surface area contributed by atoms with E-state index in [1.54, 1.807) is 20.2 Å². The molecule has 0 fully saturated rings. The molecule has 0 radical (unpaired) electrons. The standard InChI is InChI=1S/C13H16N2O2/c1-10(16)11-8-13-12(14-9-11)4-6-15(13)5-3-7-17-2/h4,6,8-9H,3,5,7H2,1-2H3. The van der Waals surface area contributed by atoms with E-state index in [1.807, 2.05) is 18.3 Å². The van der Waals surface area contributed by atoms with E-state index < -0.39 is 0 Å². The minimum atomic E-state index is 0.0454. The fourth-order valence-electron chi connectivity index (χ4n) is 1.83. The Hall–Kier alpha value is -1.68. The number of ketones is 1. The molecule has 0 saturated carbocycles. The molecule has 0 aliphatic heterocycles. The topological polar surface area (TPSA) is 44.1 Å². The van der Waals surface area contributed by atoms with Crippen LogP contribution < -0.4 is 0 Å². The lowest BCUT2D eigenvalue weighted by Crippen LogP contribution is -2.01. The molecule has 4 nitrogen and oxygen atoms in total. The Labute approximate surface area is 100 Å². The summed E-state index contributed by atoms with van der Waals surface area (Å²) in [6.07, 6.45) is 4.58. The van der Waals surface area contributed by atoms with Gasteiger partial charge in [0.2, 0.25) is 0 Å². The number of ether oxygens (including phenoxy) is 1. The van der Waals surface area contributed by atoms with Gasteiger partial charge in [0.1, 0.15) is 0 Å². The van der Waals surface area contributed by atoms with Gasteiger partial charge in [-0.2, -0.15) is 0 Å². The number of nitrogens with zero attached hydrogens (tertiary/aromatic N) is 2. The number of Topliss-reactive ketones (excluding diaryl/α,β-unsaturated/α-hetero) is 1. The molecule has 0 spiro atoms. The lowest BCUT2D eigenvalue weighted by Gasteiger charge is -2.05. The van der Waals surface area contributed by atoms with Crippen LogP contribution in [0.1, 0.15) is 23.7 Å². The van der Waals surface area contributed by atoms with Crippen molar-refractivity contribution in [1.82, 2.24) is 9.55 Å². The van der Waals surface area contributed by atoms with Crippen LogP contribution in [0.4, 0.5) is 0 Å². The average Bonchev–Trinajstić information content (AvgIpc) is 2.72. The molecule has 2 aromatic heterocycles. The summed E-state index contributed by atoms with van der Waals surface area (Å²) in [6, 6.07) is 3.86. The van der Waals surface area contributed by atoms with Crippen LogP contribution in [0, 0.1) is 0 Å². The predicted octanol–water partition coefficient (Wildman–Crippen LogP) is 2.28. The number of carbonyl (C=O) groups is 1. The molecular weight excluding hydrogens is 216 g/mol. The predicted molar refractivity (Wildman–Crippen MR) is 66.2 cm³/mol. The molecule has 0 unspecified atom stereocenters. The van der Waals surface area contributed by atoms with Crippen LogP contribution in [0.15, 0.2) is 24.5 Å². The smallest absolute Gasteiger partial charge is 0.161 e. The van der Waals surface area contributed by atoms with Crippen molar-refractivity contribution >= 4 is 16.8 Å². The summed E-state index contributed by atoms with van der Waals surface area (Å²) in [5.74, 6) is 0.0454. The van der Waals surface area contributed by atoms with E-state index in [0.717, 1.165) is 30.6 Å². The third-order valence-electron chi connectivity index (χ3n) is 2.77. The number of methoxy groups -OCH3 is 1. The summed E-state index contributed by atoms with van der Waals surface area (Å²) in [5.41, 5.74) is 2.59. The Bertz CT molecular complexity index is 531. The van der Waals surface area contributed by atoms with Gasteiger partial charge in [-0.3, -0.25) is 9.78 Å². The maximum atomic E-state index is 11.3. The minimum Gasteiger partial charge on any atom is -0.385 e. The molecule has 0 atom stereocenters. The molecule has 0 aromatic carbocycles. The molecule has 17 heavy (non-hydrogen) atoms. The van der Waals surface area contributed by atoms with E-state index in [-0.39, 0.29) is 5.78 Å². The largest absolute Gasteiger partial charge is 0.385 e. The van der Waals surface area contributed by atoms with Crippen molar-refractivity contribution in [2.75, 3.05) is 13.7 Å². The first-order valence-corrected chi connectivity index (χ1v) is 5.67. The second-order valence-electron chi connectivity index (χ2n) is 4.04. The molecule has 0 aliphatic carbocycles. The van der Waals surface area contributed by atoms with Gasteiger partial charge in [-0.15, -0.1) is 0 Å². The zero-order valence-electron chi connectivity index (χ0n) is 10.1. The quantitative estimate of drug-likeness (QED) is 0.586. The van der Waals surface area contributed by atoms with Crippen LogP contribution in [-0.4, -0.2) is 29.1 Å². The van der Waals surface area contributed by atoms with Crippen molar-refractivity contribution in [3.8, 4) is 0 Å². The fraction of sp³-hybridized carbons (Fsp3) is 0.385. The van der Waals surface area contributed by atoms with Crippen LogP contribution >= 0.6 is 0 Å². The summed E-state index contributed by atoms with van der Waals surface area (Å²) in [4.78, 5) is 15.6. The highest BCUT2D eigenvalue weighted by Crippen LogP contribution is 2.15. The maximum Gasteiger partial charge on any atom is 0.161 e. The van der Waals surface area contributed by atoms with Gasteiger partial charge in [-0.05, 0) is 25.5 Å². The van der Waals surface area contributed by atoms with Crippen molar-refractivity contribution in [2.24, 2.45) is 0 Å². The van der Waals surface area contributed by atoms with Gasteiger partial charge >= 0.3 is 0 Å². The molecule has 0 aliphatic rings. The highest BCUT2D eigenvalue weighted by Gasteiger charge is 2.06. The van der Waals surface area contributed by atoms with Crippen LogP contribution in [0.2, 0.25) is 0 Å². The maximum absolute atomic E-state index is 11.3. The Morgan fingerprint density at radius 2 is 2.35 bits per heavy atom. The Morgan fingerprint density at radius 1 is 1.53 bits per heavy atom. The van der Waals surface area contributed by atoms with Crippen molar-refractivity contribution in [2.45, 2.75) is 19.9 Å². The number of rotatable bonds is 5. The van der Waals surface area contributed by atoms with Gasteiger partial charge in [-0.1, -0.05) is 0 Å². The molecular formula is C13H16N2O2. The molecule has 2 rings (SSSR count). The van der Waals surface area contributed by atoms with Crippen LogP contribution in [0.3, 0.4) is 0 Å².